The van der Waals surface area contributed by atoms with Gasteiger partial charge in [0.15, 0.2) is 72.4 Å². The largest absolute Gasteiger partial charge is 0.493 e. The number of fused-ring (bicyclic) bond motifs is 4. The maximum atomic E-state index is 14.2. The number of furan rings is 4. The monoisotopic (exact) mass is 2030 g/mol. The number of methoxy groups -OCH3 is 8. The predicted octanol–water partition coefficient (Wildman–Crippen LogP) is 17.3. The second-order valence-corrected chi connectivity index (χ2v) is 32.7. The number of aliphatic carboxylic acids is 4. The minimum atomic E-state index is -1.14. The van der Waals surface area contributed by atoms with E-state index < -0.39 is 74.0 Å². The second kappa shape index (κ2) is 49.5. The highest BCUT2D eigenvalue weighted by Gasteiger charge is 2.34. The Labute approximate surface area is 843 Å². The molecule has 148 heavy (non-hydrogen) atoms. The minimum Gasteiger partial charge on any atom is -0.493 e. The molecular formula is C108H100F4N8O28. The number of rotatable bonds is 40. The molecule has 768 valence electrons. The van der Waals surface area contributed by atoms with Gasteiger partial charge in [-0.05, 0) is 262 Å². The lowest BCUT2D eigenvalue weighted by molar-refractivity contribution is -0.140. The molecule has 0 unspecified atom stereocenters. The number of amides is 4. The highest BCUT2D eigenvalue weighted by molar-refractivity contribution is 6.12. The summed E-state index contributed by atoms with van der Waals surface area (Å²) in [6.07, 6.45) is 17.6. The number of carboxylic acids is 4. The van der Waals surface area contributed by atoms with Crippen molar-refractivity contribution in [3.63, 3.8) is 0 Å². The smallest absolute Gasteiger partial charge is 0.341 e. The summed E-state index contributed by atoms with van der Waals surface area (Å²) in [5, 5.41) is 47.1. The quantitative estimate of drug-likeness (QED) is 0.0131. The molecule has 0 bridgehead atoms. The summed E-state index contributed by atoms with van der Waals surface area (Å²) in [5.41, 5.74) is 16.0. The van der Waals surface area contributed by atoms with E-state index in [9.17, 15) is 55.9 Å². The average Bonchev–Trinajstić information content (AvgIpc) is 1.61. The number of ether oxygens (including phenoxy) is 12. The van der Waals surface area contributed by atoms with E-state index in [-0.39, 0.29) is 144 Å². The molecule has 16 rings (SSSR count). The highest BCUT2D eigenvalue weighted by Crippen LogP contribution is 2.51. The molecule has 8 aromatic heterocycles. The molecule has 8 N–H and O–H groups in total. The Kier molecular flexibility index (Phi) is 35.8. The van der Waals surface area contributed by atoms with Gasteiger partial charge in [-0.2, -0.15) is 13.2 Å². The van der Waals surface area contributed by atoms with Gasteiger partial charge in [-0.15, -0.1) is 0 Å². The summed E-state index contributed by atoms with van der Waals surface area (Å²) in [4.78, 5) is 111. The van der Waals surface area contributed by atoms with Crippen LogP contribution in [0.25, 0.3) is 68.9 Å². The van der Waals surface area contributed by atoms with Crippen LogP contribution >= 0.6 is 0 Å². The number of pyridine rings is 4. The summed E-state index contributed by atoms with van der Waals surface area (Å²) >= 11 is 0. The number of hydrogen-bond donors (Lipinski definition) is 8. The fourth-order valence-electron chi connectivity index (χ4n) is 16.4. The number of hydrogen-bond acceptors (Lipinski definition) is 28. The van der Waals surface area contributed by atoms with Crippen LogP contribution in [-0.2, 0) is 64.5 Å². The van der Waals surface area contributed by atoms with E-state index in [4.69, 9.17) is 94.9 Å². The molecule has 36 nitrogen and oxygen atoms in total. The molecule has 40 heteroatoms. The fraction of sp³-hybridized carbons (Fsp3) is 0.222. The number of carbonyl (C=O) groups is 8. The van der Waals surface area contributed by atoms with Crippen LogP contribution < -0.4 is 78.1 Å². The minimum absolute atomic E-state index is 0.00193. The molecule has 4 aliphatic rings. The summed E-state index contributed by atoms with van der Waals surface area (Å²) in [7, 11) is 11.4. The third kappa shape index (κ3) is 26.5. The molecule has 4 aromatic carbocycles. The Bertz CT molecular complexity index is 6670. The van der Waals surface area contributed by atoms with E-state index in [0.29, 0.717) is 118 Å². The Morgan fingerprint density at radius 2 is 0.601 bits per heavy atom. The molecule has 0 saturated heterocycles. The van der Waals surface area contributed by atoms with E-state index in [0.717, 1.165) is 45.2 Å². The van der Waals surface area contributed by atoms with Crippen molar-refractivity contribution < 1.29 is 151 Å². The van der Waals surface area contributed by atoms with Gasteiger partial charge >= 0.3 is 23.9 Å². The van der Waals surface area contributed by atoms with Gasteiger partial charge in [0.25, 0.3) is 0 Å². The van der Waals surface area contributed by atoms with E-state index >= 15 is 0 Å². The number of nitrogens with one attached hydrogen (secondary N) is 4. The molecule has 0 atom stereocenters. The summed E-state index contributed by atoms with van der Waals surface area (Å²) in [5.74, 6) is -2.64. The Hall–Kier alpha value is -18.4. The lowest BCUT2D eigenvalue weighted by atomic mass is 10.0. The van der Waals surface area contributed by atoms with Gasteiger partial charge in [0.2, 0.25) is 64.5 Å². The number of benzene rings is 4. The number of carbonyl (C=O) groups excluding carboxylic acids is 4. The van der Waals surface area contributed by atoms with Crippen molar-refractivity contribution in [1.82, 2.24) is 41.2 Å². The van der Waals surface area contributed by atoms with Gasteiger partial charge < -0.3 is 116 Å². The maximum absolute atomic E-state index is 14.2. The standard InChI is InChI=1S/4C27H25FN2O7/c1-15-19(9-16-10-21(34-2)27(22(11-16)35-3)37-14-25(32)33)18-6-7-23(28)30-26(18)20(15)12-24(31)29-13-17-5-4-8-36-17;1-15-19(11-24(31)29-13-18-5-4-6-36-18)21-10-17(28)12-30-26(21)20(15)7-16-8-22(34-2)27(23(9-16)35-3)37-14-25(32)33;1-15-18(7-16-8-22(34-2)27(23(9-16)35-3)37-14-26(32)33)21-13-29-24(28)10-20(21)19(15)11-25(31)30-12-17-5-4-6-36-17;1-15-18(7-16-8-22(34-2)27(23(9-16)35-3)37-14-26(32)33)20-10-24(28)29-13-21(20)19(15)11-25(31)30-12-17-5-4-6-36-17/h4-11H,12-14H2,1-3H3,(H,29,31)(H,32,33);4-10,12H,11,13-14H2,1-3H3,(H,29,31)(H,32,33);2*4-10,13H,11-12,14H2,1-3H3,(H,30,31)(H,32,33)/b19-9-;20-7-;2*18-7-. The Balaban J connectivity index is 0.000000165. The number of aromatic nitrogens is 4. The topological polar surface area (TPSA) is 480 Å². The molecule has 12 aromatic rings. The molecular weight excluding hydrogens is 1930 g/mol. The molecule has 0 fully saturated rings. The molecule has 4 aliphatic carbocycles. The molecule has 0 saturated carbocycles. The average molecular weight is 2030 g/mol. The van der Waals surface area contributed by atoms with Crippen LogP contribution in [0, 0.1) is 23.7 Å². The number of halogens is 4. The van der Waals surface area contributed by atoms with Gasteiger partial charge in [0.1, 0.15) is 28.9 Å². The van der Waals surface area contributed by atoms with E-state index in [1.807, 2.05) is 52.0 Å². The normalized spacial score (nSPS) is 13.5. The second-order valence-electron chi connectivity index (χ2n) is 32.7. The van der Waals surface area contributed by atoms with E-state index in [1.54, 1.807) is 103 Å². The first kappa shape index (κ1) is 107. The SMILES string of the molecule is COc1cc(/C=C2/C(C)=C(CC(=O)NCc3ccco3)c3cc(F)cnc32)cc(OC)c1OCC(=O)O.COc1cc(/C=C2/C(C)=C(CC(=O)NCc3ccco3)c3cc(F)ncc32)cc(OC)c1OCC(=O)O.COc1cc(/C=C2/C(C)=C(CC(=O)NCc3ccco3)c3cnc(F)cc32)cc(OC)c1OCC(=O)O.COc1cc(/C=C2/C(C)=C(CC(=O)NCc3ccco3)c3nc(F)ccc32)cc(OC)c1OCC(=O)O. The first-order valence-electron chi connectivity index (χ1n) is 45.1. The fourth-order valence-corrected chi connectivity index (χ4v) is 16.4. The predicted molar refractivity (Wildman–Crippen MR) is 530 cm³/mol. The van der Waals surface area contributed by atoms with Crippen molar-refractivity contribution in [2.24, 2.45) is 0 Å². The summed E-state index contributed by atoms with van der Waals surface area (Å²) in [6.45, 7) is 6.12. The van der Waals surface area contributed by atoms with Crippen molar-refractivity contribution in [3.05, 3.63) is 307 Å². The summed E-state index contributed by atoms with van der Waals surface area (Å²) in [6, 6.07) is 34.2. The van der Waals surface area contributed by atoms with Crippen LogP contribution in [0.15, 0.2) is 211 Å². The van der Waals surface area contributed by atoms with Crippen LogP contribution in [-0.4, -0.2) is 171 Å². The third-order valence-corrected chi connectivity index (χ3v) is 23.3. The lowest BCUT2D eigenvalue weighted by Crippen LogP contribution is -2.22. The van der Waals surface area contributed by atoms with E-state index in [2.05, 4.69) is 41.2 Å². The van der Waals surface area contributed by atoms with Crippen LogP contribution in [0.4, 0.5) is 17.6 Å². The van der Waals surface area contributed by atoms with Crippen LogP contribution in [0.3, 0.4) is 0 Å². The molecule has 0 radical (unpaired) electrons. The van der Waals surface area contributed by atoms with Crippen molar-refractivity contribution in [3.8, 4) is 69.0 Å². The van der Waals surface area contributed by atoms with Gasteiger partial charge in [-0.25, -0.2) is 38.5 Å². The van der Waals surface area contributed by atoms with E-state index in [1.165, 1.54) is 119 Å². The van der Waals surface area contributed by atoms with Crippen LogP contribution in [0.5, 0.6) is 69.0 Å². The third-order valence-electron chi connectivity index (χ3n) is 23.3. The molecule has 4 amide bonds. The zero-order valence-corrected chi connectivity index (χ0v) is 81.8. The van der Waals surface area contributed by atoms with Crippen molar-refractivity contribution >= 4 is 116 Å². The lowest BCUT2D eigenvalue weighted by Gasteiger charge is -2.15. The molecule has 0 aliphatic heterocycles. The number of carboxylic acid groups (broad SMARTS) is 4. The van der Waals surface area contributed by atoms with Gasteiger partial charge in [0, 0.05) is 52.4 Å². The maximum Gasteiger partial charge on any atom is 0.341 e. The van der Waals surface area contributed by atoms with Crippen LogP contribution in [0.1, 0.15) is 143 Å². The Morgan fingerprint density at radius 3 is 0.932 bits per heavy atom. The zero-order chi connectivity index (χ0) is 106. The first-order valence-corrected chi connectivity index (χ1v) is 45.1. The van der Waals surface area contributed by atoms with Crippen molar-refractivity contribution in [2.45, 2.75) is 79.6 Å². The van der Waals surface area contributed by atoms with Gasteiger partial charge in [-0.3, -0.25) is 24.2 Å². The number of nitrogens with zero attached hydrogens (tertiary/aromatic N) is 4. The Morgan fingerprint density at radius 1 is 0.311 bits per heavy atom. The van der Waals surface area contributed by atoms with Gasteiger partial charge in [-0.1, -0.05) is 0 Å². The summed E-state index contributed by atoms with van der Waals surface area (Å²) < 4.78 is 142. The molecule has 0 spiro atoms. The van der Waals surface area contributed by atoms with Gasteiger partial charge in [0.05, 0.1) is 151 Å². The number of allylic oxidation sites excluding steroid dienone is 8. The molecule has 8 heterocycles. The van der Waals surface area contributed by atoms with Crippen molar-refractivity contribution in [2.75, 3.05) is 83.3 Å². The zero-order valence-electron chi connectivity index (χ0n) is 81.8. The highest BCUT2D eigenvalue weighted by atomic mass is 19.1. The first-order chi connectivity index (χ1) is 71.2. The van der Waals surface area contributed by atoms with Crippen molar-refractivity contribution in [1.29, 1.82) is 0 Å². The van der Waals surface area contributed by atoms with Crippen LogP contribution in [0.2, 0.25) is 0 Å².